The van der Waals surface area contributed by atoms with Crippen molar-refractivity contribution in [2.45, 2.75) is 18.9 Å². The minimum Gasteiger partial charge on any atom is -0.493 e. The highest BCUT2D eigenvalue weighted by atomic mass is 19.1. The first-order valence-corrected chi connectivity index (χ1v) is 14.9. The van der Waals surface area contributed by atoms with E-state index in [1.165, 1.54) is 17.0 Å². The van der Waals surface area contributed by atoms with E-state index in [-0.39, 0.29) is 24.0 Å². The number of halogens is 1. The number of carbonyl (C=O) groups is 2. The van der Waals surface area contributed by atoms with Crippen LogP contribution < -0.4 is 30.2 Å². The Balaban J connectivity index is 1.40. The van der Waals surface area contributed by atoms with Gasteiger partial charge in [-0.05, 0) is 75.8 Å². The second-order valence-electron chi connectivity index (χ2n) is 11.2. The molecule has 1 saturated heterocycles. The zero-order chi connectivity index (χ0) is 31.9. The summed E-state index contributed by atoms with van der Waals surface area (Å²) in [6.45, 7) is 2.60. The number of amides is 2. The Morgan fingerprint density at radius 3 is 2.42 bits per heavy atom. The maximum absolute atomic E-state index is 15.6. The van der Waals surface area contributed by atoms with Crippen LogP contribution in [0.1, 0.15) is 24.4 Å². The fraction of sp³-hybridized carbons (Fsp3) is 0.324. The van der Waals surface area contributed by atoms with Gasteiger partial charge in [0.2, 0.25) is 0 Å². The molecular weight excluding hydrogens is 577 g/mol. The van der Waals surface area contributed by atoms with Gasteiger partial charge < -0.3 is 35.1 Å². The highest BCUT2D eigenvalue weighted by Crippen LogP contribution is 2.38. The molecule has 10 nitrogen and oxygen atoms in total. The van der Waals surface area contributed by atoms with Crippen LogP contribution in [0.3, 0.4) is 0 Å². The van der Waals surface area contributed by atoms with Crippen molar-refractivity contribution in [2.24, 2.45) is 11.7 Å². The van der Waals surface area contributed by atoms with Crippen molar-refractivity contribution in [2.75, 3.05) is 52.3 Å². The first kappa shape index (κ1) is 31.7. The van der Waals surface area contributed by atoms with Crippen LogP contribution in [0.15, 0.2) is 72.9 Å². The van der Waals surface area contributed by atoms with Gasteiger partial charge in [0.25, 0.3) is 0 Å². The number of piperidine rings is 1. The smallest absolute Gasteiger partial charge is 0.316 e. The summed E-state index contributed by atoms with van der Waals surface area (Å²) in [7, 11) is 5.28. The fourth-order valence-electron chi connectivity index (χ4n) is 5.46. The Morgan fingerprint density at radius 1 is 1.00 bits per heavy atom. The molecule has 0 saturated carbocycles. The fourth-order valence-corrected chi connectivity index (χ4v) is 5.46. The number of anilines is 1. The largest absolute Gasteiger partial charge is 0.493 e. The van der Waals surface area contributed by atoms with Crippen molar-refractivity contribution in [1.82, 2.24) is 15.2 Å². The van der Waals surface area contributed by atoms with Gasteiger partial charge >= 0.3 is 11.8 Å². The van der Waals surface area contributed by atoms with Crippen LogP contribution in [0.2, 0.25) is 0 Å². The van der Waals surface area contributed by atoms with Crippen molar-refractivity contribution in [1.29, 1.82) is 0 Å². The van der Waals surface area contributed by atoms with Gasteiger partial charge in [-0.2, -0.15) is 0 Å². The van der Waals surface area contributed by atoms with Crippen molar-refractivity contribution in [3.63, 3.8) is 0 Å². The molecule has 11 heteroatoms. The van der Waals surface area contributed by atoms with Gasteiger partial charge in [0.05, 0.1) is 25.3 Å². The molecule has 2 heterocycles. The van der Waals surface area contributed by atoms with E-state index in [0.29, 0.717) is 40.7 Å². The Labute approximate surface area is 261 Å². The molecule has 4 aromatic rings. The van der Waals surface area contributed by atoms with Crippen LogP contribution >= 0.6 is 0 Å². The summed E-state index contributed by atoms with van der Waals surface area (Å²) in [4.78, 5) is 32.5. The minimum atomic E-state index is -1.14. The molecule has 1 atom stereocenters. The van der Waals surface area contributed by atoms with Gasteiger partial charge in [0.15, 0.2) is 23.1 Å². The molecule has 3 aromatic carbocycles. The van der Waals surface area contributed by atoms with Crippen LogP contribution in [0.25, 0.3) is 10.9 Å². The lowest BCUT2D eigenvalue weighted by Gasteiger charge is -2.31. The van der Waals surface area contributed by atoms with E-state index in [2.05, 4.69) is 10.3 Å². The molecule has 1 aliphatic heterocycles. The SMILES string of the molecule is COc1cc2c(Oc3ccc(N(CC(c4ccccc4)N(C)C)C(=O)C(N)=O)cc3F)ccnc2cc1OCC1CCNCC1. The summed E-state index contributed by atoms with van der Waals surface area (Å²) in [5.41, 5.74) is 7.08. The number of rotatable bonds is 11. The number of nitrogens with two attached hydrogens (primary N) is 1. The molecule has 0 aliphatic carbocycles. The number of primary amides is 1. The lowest BCUT2D eigenvalue weighted by atomic mass is 9.99. The molecule has 1 unspecified atom stereocenters. The molecule has 3 N–H and O–H groups in total. The number of fused-ring (bicyclic) bond motifs is 1. The van der Waals surface area contributed by atoms with Crippen LogP contribution in [0, 0.1) is 11.7 Å². The number of benzene rings is 3. The third kappa shape index (κ3) is 7.50. The lowest BCUT2D eigenvalue weighted by molar-refractivity contribution is -0.135. The number of pyridine rings is 1. The molecule has 5 rings (SSSR count). The summed E-state index contributed by atoms with van der Waals surface area (Å²) in [5, 5.41) is 3.96. The van der Waals surface area contributed by atoms with Crippen LogP contribution in [-0.4, -0.2) is 69.1 Å². The van der Waals surface area contributed by atoms with Crippen LogP contribution in [0.5, 0.6) is 23.0 Å². The van der Waals surface area contributed by atoms with Gasteiger partial charge in [-0.25, -0.2) is 4.39 Å². The molecule has 0 spiro atoms. The molecule has 1 aliphatic rings. The van der Waals surface area contributed by atoms with E-state index in [0.717, 1.165) is 37.6 Å². The molecular formula is C34H38FN5O5. The monoisotopic (exact) mass is 615 g/mol. The first-order valence-electron chi connectivity index (χ1n) is 14.9. The number of methoxy groups -OCH3 is 1. The van der Waals surface area contributed by atoms with Crippen molar-refractivity contribution in [3.8, 4) is 23.0 Å². The number of likely N-dealkylation sites (N-methyl/N-ethyl adjacent to an activating group) is 1. The number of hydrogen-bond acceptors (Lipinski definition) is 8. The predicted octanol–water partition coefficient (Wildman–Crippen LogP) is 4.67. The number of hydrogen-bond donors (Lipinski definition) is 2. The maximum Gasteiger partial charge on any atom is 0.316 e. The number of carbonyl (C=O) groups excluding carboxylic acids is 2. The number of nitrogens with one attached hydrogen (secondary N) is 1. The van der Waals surface area contributed by atoms with Crippen molar-refractivity contribution < 1.29 is 28.2 Å². The van der Waals surface area contributed by atoms with Gasteiger partial charge in [0, 0.05) is 35.9 Å². The topological polar surface area (TPSA) is 119 Å². The summed E-state index contributed by atoms with van der Waals surface area (Å²) >= 11 is 0. The number of nitrogens with zero attached hydrogens (tertiary/aromatic N) is 3. The van der Waals surface area contributed by atoms with E-state index in [1.807, 2.05) is 49.3 Å². The second kappa shape index (κ2) is 14.4. The third-order valence-electron chi connectivity index (χ3n) is 7.99. The van der Waals surface area contributed by atoms with Crippen LogP contribution in [-0.2, 0) is 9.59 Å². The molecule has 1 fully saturated rings. The summed E-state index contributed by atoms with van der Waals surface area (Å²) in [6.07, 6.45) is 3.67. The predicted molar refractivity (Wildman–Crippen MR) is 170 cm³/mol. The third-order valence-corrected chi connectivity index (χ3v) is 7.99. The summed E-state index contributed by atoms with van der Waals surface area (Å²) < 4.78 is 33.4. The Hall–Kier alpha value is -4.74. The van der Waals surface area contributed by atoms with Gasteiger partial charge in [0.1, 0.15) is 5.75 Å². The zero-order valence-corrected chi connectivity index (χ0v) is 25.7. The normalized spacial score (nSPS) is 14.2. The quantitative estimate of drug-likeness (QED) is 0.234. The maximum atomic E-state index is 15.6. The van der Waals surface area contributed by atoms with E-state index in [1.54, 1.807) is 31.5 Å². The molecule has 1 aromatic heterocycles. The average Bonchev–Trinajstić information content (AvgIpc) is 3.05. The highest BCUT2D eigenvalue weighted by Gasteiger charge is 2.27. The number of aromatic nitrogens is 1. The summed E-state index contributed by atoms with van der Waals surface area (Å²) in [5.74, 6) is -0.981. The highest BCUT2D eigenvalue weighted by molar-refractivity contribution is 6.39. The Kier molecular flexibility index (Phi) is 10.1. The number of ether oxygens (including phenoxy) is 3. The standard InChI is InChI=1S/C34H38FN5O5/c1-39(2)28(23-7-5-4-6-8-23)20-40(34(42)33(36)41)24-9-10-30(26(35)17-24)45-29-13-16-38-27-19-32(31(43-3)18-25(27)29)44-21-22-11-14-37-15-12-22/h4-10,13,16-19,22,28,37H,11-12,14-15,20-21H2,1-3H3,(H2,36,41). The first-order chi connectivity index (χ1) is 21.7. The van der Waals surface area contributed by atoms with E-state index >= 15 is 4.39 Å². The minimum absolute atomic E-state index is 0.0647. The van der Waals surface area contributed by atoms with Gasteiger partial charge in [-0.3, -0.25) is 14.6 Å². The van der Waals surface area contributed by atoms with E-state index in [4.69, 9.17) is 19.9 Å². The van der Waals surface area contributed by atoms with E-state index in [9.17, 15) is 9.59 Å². The van der Waals surface area contributed by atoms with E-state index < -0.39 is 17.6 Å². The average molecular weight is 616 g/mol. The molecule has 0 bridgehead atoms. The summed E-state index contributed by atoms with van der Waals surface area (Å²) in [6, 6.07) is 18.5. The molecule has 2 amide bonds. The Morgan fingerprint density at radius 2 is 1.76 bits per heavy atom. The molecule has 0 radical (unpaired) electrons. The zero-order valence-electron chi connectivity index (χ0n) is 25.7. The van der Waals surface area contributed by atoms with Gasteiger partial charge in [-0.1, -0.05) is 30.3 Å². The van der Waals surface area contributed by atoms with Crippen molar-refractivity contribution >= 4 is 28.4 Å². The lowest BCUT2D eigenvalue weighted by Crippen LogP contribution is -2.44. The van der Waals surface area contributed by atoms with Gasteiger partial charge in [-0.15, -0.1) is 0 Å². The second-order valence-corrected chi connectivity index (χ2v) is 11.2. The molecule has 236 valence electrons. The van der Waals surface area contributed by atoms with Crippen LogP contribution in [0.4, 0.5) is 10.1 Å². The Bertz CT molecular complexity index is 1650. The molecule has 45 heavy (non-hydrogen) atoms. The van der Waals surface area contributed by atoms with Crippen molar-refractivity contribution in [3.05, 3.63) is 84.3 Å².